The van der Waals surface area contributed by atoms with E-state index in [1.807, 2.05) is 0 Å². The van der Waals surface area contributed by atoms with Crippen molar-refractivity contribution >= 4 is 0 Å². The van der Waals surface area contributed by atoms with Gasteiger partial charge in [-0.2, -0.15) is 0 Å². The van der Waals surface area contributed by atoms with Crippen molar-refractivity contribution in [1.82, 2.24) is 4.90 Å². The maximum Gasteiger partial charge on any atom is 0.161 e. The number of hydrogen-bond acceptors (Lipinski definition) is 4. The van der Waals surface area contributed by atoms with Crippen LogP contribution in [0.1, 0.15) is 57.4 Å². The van der Waals surface area contributed by atoms with Gasteiger partial charge in [0.25, 0.3) is 0 Å². The highest BCUT2D eigenvalue weighted by molar-refractivity contribution is 5.45. The van der Waals surface area contributed by atoms with Gasteiger partial charge in [0.15, 0.2) is 11.5 Å². The molecule has 1 saturated carbocycles. The van der Waals surface area contributed by atoms with E-state index in [-0.39, 0.29) is 12.0 Å². The number of methoxy groups -OCH3 is 1. The molecule has 2 fully saturated rings. The van der Waals surface area contributed by atoms with Gasteiger partial charge in [0.1, 0.15) is 0 Å². The third kappa shape index (κ3) is 3.95. The number of ether oxygens (including phenoxy) is 2. The smallest absolute Gasteiger partial charge is 0.161 e. The van der Waals surface area contributed by atoms with Gasteiger partial charge in [0, 0.05) is 25.6 Å². The normalized spacial score (nSPS) is 27.8. The van der Waals surface area contributed by atoms with Crippen LogP contribution in [-0.2, 0) is 0 Å². The van der Waals surface area contributed by atoms with E-state index in [0.717, 1.165) is 50.4 Å². The summed E-state index contributed by atoms with van der Waals surface area (Å²) < 4.78 is 11.8. The molecule has 25 heavy (non-hydrogen) atoms. The molecular weight excluding hydrogens is 314 g/mol. The van der Waals surface area contributed by atoms with Crippen LogP contribution in [0.3, 0.4) is 0 Å². The van der Waals surface area contributed by atoms with Crippen LogP contribution in [0, 0.1) is 5.41 Å². The molecule has 2 unspecified atom stereocenters. The van der Waals surface area contributed by atoms with Crippen LogP contribution < -0.4 is 9.47 Å². The molecule has 2 aliphatic rings. The lowest BCUT2D eigenvalue weighted by atomic mass is 9.74. The highest BCUT2D eigenvalue weighted by Crippen LogP contribution is 2.46. The van der Waals surface area contributed by atoms with Gasteiger partial charge in [0.05, 0.1) is 19.8 Å². The van der Waals surface area contributed by atoms with Crippen LogP contribution in [0.2, 0.25) is 0 Å². The molecule has 0 aromatic heterocycles. The Balaban J connectivity index is 1.85. The molecule has 0 radical (unpaired) electrons. The van der Waals surface area contributed by atoms with Crippen LogP contribution in [-0.4, -0.2) is 49.5 Å². The van der Waals surface area contributed by atoms with Crippen molar-refractivity contribution in [2.75, 3.05) is 33.4 Å². The highest BCUT2D eigenvalue weighted by Gasteiger charge is 2.42. The zero-order valence-corrected chi connectivity index (χ0v) is 16.0. The molecule has 1 aromatic carbocycles. The molecule has 2 atom stereocenters. The number of benzene rings is 1. The maximum absolute atomic E-state index is 9.32. The zero-order chi connectivity index (χ0) is 17.9. The molecule has 1 N–H and O–H groups in total. The largest absolute Gasteiger partial charge is 0.493 e. The number of hydrogen-bond donors (Lipinski definition) is 1. The van der Waals surface area contributed by atoms with E-state index < -0.39 is 0 Å². The summed E-state index contributed by atoms with van der Waals surface area (Å²) >= 11 is 0. The first-order valence-corrected chi connectivity index (χ1v) is 9.77. The Morgan fingerprint density at radius 3 is 2.64 bits per heavy atom. The van der Waals surface area contributed by atoms with E-state index in [2.05, 4.69) is 36.9 Å². The molecule has 0 bridgehead atoms. The lowest BCUT2D eigenvalue weighted by molar-refractivity contribution is 0.200. The maximum atomic E-state index is 9.32. The van der Waals surface area contributed by atoms with Gasteiger partial charge >= 0.3 is 0 Å². The van der Waals surface area contributed by atoms with Crippen molar-refractivity contribution in [3.63, 3.8) is 0 Å². The summed E-state index contributed by atoms with van der Waals surface area (Å²) in [6.45, 7) is 7.67. The Bertz CT molecular complexity index is 570. The second-order valence-corrected chi connectivity index (χ2v) is 7.95. The number of likely N-dealkylation sites (tertiary alicyclic amines) is 1. The molecule has 4 nitrogen and oxygen atoms in total. The monoisotopic (exact) mass is 347 g/mol. The predicted molar refractivity (Wildman–Crippen MR) is 101 cm³/mol. The van der Waals surface area contributed by atoms with Gasteiger partial charge in [-0.3, -0.25) is 4.90 Å². The minimum atomic E-state index is 0.227. The lowest BCUT2D eigenvalue weighted by Crippen LogP contribution is -2.27. The molecule has 0 spiro atoms. The Morgan fingerprint density at radius 2 is 2.00 bits per heavy atom. The van der Waals surface area contributed by atoms with Gasteiger partial charge in [-0.05, 0) is 55.2 Å². The fourth-order valence-corrected chi connectivity index (χ4v) is 4.53. The Morgan fingerprint density at radius 1 is 1.24 bits per heavy atom. The molecule has 1 saturated heterocycles. The number of aliphatic hydroxyl groups is 1. The second-order valence-electron chi connectivity index (χ2n) is 7.95. The lowest BCUT2D eigenvalue weighted by Gasteiger charge is -2.30. The first kappa shape index (κ1) is 18.5. The summed E-state index contributed by atoms with van der Waals surface area (Å²) in [6.07, 6.45) is 6.28. The van der Waals surface area contributed by atoms with E-state index in [0.29, 0.717) is 12.0 Å². The zero-order valence-electron chi connectivity index (χ0n) is 16.0. The quantitative estimate of drug-likeness (QED) is 0.814. The molecule has 1 aliphatic heterocycles. The summed E-state index contributed by atoms with van der Waals surface area (Å²) in [5.74, 6) is 2.19. The van der Waals surface area contributed by atoms with Gasteiger partial charge in [-0.1, -0.05) is 19.9 Å². The first-order valence-electron chi connectivity index (χ1n) is 9.77. The molecule has 3 rings (SSSR count). The molecular formula is C21H33NO3. The summed E-state index contributed by atoms with van der Waals surface area (Å²) in [7, 11) is 1.71. The number of rotatable bonds is 7. The number of nitrogens with zero attached hydrogens (tertiary/aromatic N) is 1. The van der Waals surface area contributed by atoms with Crippen LogP contribution in [0.5, 0.6) is 11.5 Å². The molecule has 4 heteroatoms. The average Bonchev–Trinajstić information content (AvgIpc) is 3.23. The number of aliphatic hydroxyl groups excluding tert-OH is 1. The van der Waals surface area contributed by atoms with Gasteiger partial charge < -0.3 is 14.6 Å². The fraction of sp³-hybridized carbons (Fsp3) is 0.714. The Hall–Kier alpha value is -1.26. The van der Waals surface area contributed by atoms with Crippen molar-refractivity contribution in [3.05, 3.63) is 23.8 Å². The molecule has 0 amide bonds. The van der Waals surface area contributed by atoms with Crippen molar-refractivity contribution in [1.29, 1.82) is 0 Å². The van der Waals surface area contributed by atoms with Gasteiger partial charge in [-0.15, -0.1) is 0 Å². The minimum absolute atomic E-state index is 0.227. The summed E-state index contributed by atoms with van der Waals surface area (Å²) in [4.78, 5) is 2.38. The van der Waals surface area contributed by atoms with E-state index in [1.165, 1.54) is 18.4 Å². The van der Waals surface area contributed by atoms with E-state index in [1.54, 1.807) is 7.11 Å². The fourth-order valence-electron chi connectivity index (χ4n) is 4.53. The topological polar surface area (TPSA) is 41.9 Å². The van der Waals surface area contributed by atoms with Crippen LogP contribution >= 0.6 is 0 Å². The van der Waals surface area contributed by atoms with Crippen LogP contribution in [0.25, 0.3) is 0 Å². The Kier molecular flexibility index (Phi) is 5.90. The SMILES string of the molecule is CCC1(C)CN(CCO)CC1c1ccc(OC)c(OC2CCCC2)c1. The van der Waals surface area contributed by atoms with Crippen LogP contribution in [0.15, 0.2) is 18.2 Å². The van der Waals surface area contributed by atoms with Crippen molar-refractivity contribution in [2.24, 2.45) is 5.41 Å². The molecule has 140 valence electrons. The molecule has 1 aliphatic carbocycles. The van der Waals surface area contributed by atoms with Gasteiger partial charge in [0.2, 0.25) is 0 Å². The van der Waals surface area contributed by atoms with Crippen molar-refractivity contribution in [3.8, 4) is 11.5 Å². The third-order valence-corrected chi connectivity index (χ3v) is 6.28. The second kappa shape index (κ2) is 7.96. The van der Waals surface area contributed by atoms with Crippen molar-refractivity contribution < 1.29 is 14.6 Å². The predicted octanol–water partition coefficient (Wildman–Crippen LogP) is 3.82. The first-order chi connectivity index (χ1) is 12.1. The average molecular weight is 347 g/mol. The minimum Gasteiger partial charge on any atom is -0.493 e. The van der Waals surface area contributed by atoms with Crippen molar-refractivity contribution in [2.45, 2.75) is 58.0 Å². The van der Waals surface area contributed by atoms with E-state index >= 15 is 0 Å². The highest BCUT2D eigenvalue weighted by atomic mass is 16.5. The Labute approximate surface area is 152 Å². The summed E-state index contributed by atoms with van der Waals surface area (Å²) in [6, 6.07) is 6.46. The van der Waals surface area contributed by atoms with E-state index in [4.69, 9.17) is 9.47 Å². The van der Waals surface area contributed by atoms with Crippen LogP contribution in [0.4, 0.5) is 0 Å². The molecule has 1 aromatic rings. The standard InChI is InChI=1S/C21H33NO3/c1-4-21(2)15-22(11-12-23)14-18(21)16-9-10-19(24-3)20(13-16)25-17-7-5-6-8-17/h9-10,13,17-18,23H,4-8,11-12,14-15H2,1-3H3. The summed E-state index contributed by atoms with van der Waals surface area (Å²) in [5.41, 5.74) is 1.56. The number of β-amino-alcohol motifs (C(OH)–C–C–N with tert-alkyl or cyclic N) is 1. The summed E-state index contributed by atoms with van der Waals surface area (Å²) in [5, 5.41) is 9.32. The van der Waals surface area contributed by atoms with E-state index in [9.17, 15) is 5.11 Å². The third-order valence-electron chi connectivity index (χ3n) is 6.28. The molecule has 1 heterocycles. The van der Waals surface area contributed by atoms with Gasteiger partial charge in [-0.25, -0.2) is 0 Å².